The van der Waals surface area contributed by atoms with Crippen LogP contribution in [0, 0.1) is 0 Å². The maximum atomic E-state index is 10.5. The van der Waals surface area contributed by atoms with Gasteiger partial charge in [0, 0.05) is 0 Å². The molecule has 2 rings (SSSR count). The molecule has 0 heterocycles. The quantitative estimate of drug-likeness (QED) is 0.452. The summed E-state index contributed by atoms with van der Waals surface area (Å²) in [6, 6.07) is 8.22. The summed E-state index contributed by atoms with van der Waals surface area (Å²) in [5.41, 5.74) is 4.69. The fourth-order valence-electron chi connectivity index (χ4n) is 1.57. The molecular formula is C11H10O. The average molecular weight is 158 g/mol. The van der Waals surface area contributed by atoms with E-state index in [0.717, 1.165) is 18.3 Å². The second kappa shape index (κ2) is 2.59. The van der Waals surface area contributed by atoms with Crippen LogP contribution in [-0.4, -0.2) is 6.29 Å². The standard InChI is InChI=1S/C11H10O/c1-8(7-12)11-6-9-4-2-3-5-10(9)11/h2-5,7H,6H2,1H3/b11-8-. The van der Waals surface area contributed by atoms with Crippen molar-refractivity contribution >= 4 is 11.9 Å². The normalized spacial score (nSPS) is 17.8. The van der Waals surface area contributed by atoms with Crippen molar-refractivity contribution in [2.75, 3.05) is 0 Å². The molecule has 0 unspecified atom stereocenters. The fourth-order valence-corrected chi connectivity index (χ4v) is 1.57. The van der Waals surface area contributed by atoms with Gasteiger partial charge in [0.05, 0.1) is 0 Å². The van der Waals surface area contributed by atoms with Crippen LogP contribution in [0.3, 0.4) is 0 Å². The second-order valence-electron chi connectivity index (χ2n) is 3.11. The number of carbonyl (C=O) groups is 1. The van der Waals surface area contributed by atoms with Gasteiger partial charge >= 0.3 is 0 Å². The lowest BCUT2D eigenvalue weighted by atomic mass is 9.81. The fraction of sp³-hybridized carbons (Fsp3) is 0.182. The van der Waals surface area contributed by atoms with Crippen molar-refractivity contribution in [3.63, 3.8) is 0 Å². The van der Waals surface area contributed by atoms with Gasteiger partial charge in [-0.3, -0.25) is 4.79 Å². The molecule has 0 aliphatic heterocycles. The van der Waals surface area contributed by atoms with Crippen LogP contribution in [0.4, 0.5) is 0 Å². The van der Waals surface area contributed by atoms with Crippen LogP contribution in [0.15, 0.2) is 29.8 Å². The molecule has 1 aromatic carbocycles. The van der Waals surface area contributed by atoms with Crippen LogP contribution in [0.2, 0.25) is 0 Å². The lowest BCUT2D eigenvalue weighted by Crippen LogP contribution is -2.08. The molecule has 1 aliphatic carbocycles. The van der Waals surface area contributed by atoms with Crippen molar-refractivity contribution in [1.29, 1.82) is 0 Å². The molecule has 0 fully saturated rings. The molecule has 0 saturated carbocycles. The van der Waals surface area contributed by atoms with E-state index in [1.165, 1.54) is 16.7 Å². The minimum atomic E-state index is 0.869. The third kappa shape index (κ3) is 0.900. The van der Waals surface area contributed by atoms with Crippen molar-refractivity contribution in [1.82, 2.24) is 0 Å². The van der Waals surface area contributed by atoms with E-state index in [0.29, 0.717) is 0 Å². The first-order valence-electron chi connectivity index (χ1n) is 4.06. The first-order valence-corrected chi connectivity index (χ1v) is 4.06. The first-order chi connectivity index (χ1) is 5.83. The summed E-state index contributed by atoms with van der Waals surface area (Å²) in [6.45, 7) is 1.87. The van der Waals surface area contributed by atoms with Crippen molar-refractivity contribution in [2.24, 2.45) is 0 Å². The summed E-state index contributed by atoms with van der Waals surface area (Å²) >= 11 is 0. The van der Waals surface area contributed by atoms with Crippen molar-refractivity contribution in [3.05, 3.63) is 41.0 Å². The summed E-state index contributed by atoms with van der Waals surface area (Å²) in [4.78, 5) is 10.5. The van der Waals surface area contributed by atoms with Gasteiger partial charge in [-0.15, -0.1) is 0 Å². The van der Waals surface area contributed by atoms with E-state index in [-0.39, 0.29) is 0 Å². The highest BCUT2D eigenvalue weighted by Gasteiger charge is 2.19. The van der Waals surface area contributed by atoms with Crippen LogP contribution in [-0.2, 0) is 11.2 Å². The predicted molar refractivity (Wildman–Crippen MR) is 48.8 cm³/mol. The smallest absolute Gasteiger partial charge is 0.146 e. The van der Waals surface area contributed by atoms with E-state index in [9.17, 15) is 4.79 Å². The Morgan fingerprint density at radius 1 is 1.42 bits per heavy atom. The SMILES string of the molecule is C/C(C=O)=C1\Cc2ccccc21. The molecule has 60 valence electrons. The molecular weight excluding hydrogens is 148 g/mol. The van der Waals surface area contributed by atoms with Gasteiger partial charge in [0.1, 0.15) is 6.29 Å². The Morgan fingerprint density at radius 3 is 2.83 bits per heavy atom. The van der Waals surface area contributed by atoms with E-state index in [1.54, 1.807) is 0 Å². The lowest BCUT2D eigenvalue weighted by Gasteiger charge is -2.23. The number of carbonyl (C=O) groups excluding carboxylic acids is 1. The molecule has 1 aliphatic rings. The van der Waals surface area contributed by atoms with Gasteiger partial charge in [-0.2, -0.15) is 0 Å². The highest BCUT2D eigenvalue weighted by atomic mass is 16.1. The second-order valence-corrected chi connectivity index (χ2v) is 3.11. The minimum absolute atomic E-state index is 0.869. The van der Waals surface area contributed by atoms with Gasteiger partial charge in [0.25, 0.3) is 0 Å². The number of fused-ring (bicyclic) bond motifs is 1. The minimum Gasteiger partial charge on any atom is -0.298 e. The Kier molecular flexibility index (Phi) is 1.58. The van der Waals surface area contributed by atoms with Crippen molar-refractivity contribution in [3.8, 4) is 0 Å². The van der Waals surface area contributed by atoms with Crippen LogP contribution in [0.25, 0.3) is 5.57 Å². The van der Waals surface area contributed by atoms with E-state index in [2.05, 4.69) is 12.1 Å². The topological polar surface area (TPSA) is 17.1 Å². The predicted octanol–water partition coefficient (Wildman–Crippen LogP) is 2.22. The molecule has 1 heteroatoms. The Balaban J connectivity index is 2.49. The maximum Gasteiger partial charge on any atom is 0.146 e. The van der Waals surface area contributed by atoms with E-state index < -0.39 is 0 Å². The van der Waals surface area contributed by atoms with E-state index in [1.807, 2.05) is 19.1 Å². The van der Waals surface area contributed by atoms with Crippen LogP contribution in [0.5, 0.6) is 0 Å². The zero-order valence-corrected chi connectivity index (χ0v) is 7.00. The van der Waals surface area contributed by atoms with Crippen molar-refractivity contribution < 1.29 is 4.79 Å². The van der Waals surface area contributed by atoms with Gasteiger partial charge in [-0.1, -0.05) is 24.3 Å². The van der Waals surface area contributed by atoms with Crippen LogP contribution in [0.1, 0.15) is 18.1 Å². The molecule has 0 spiro atoms. The van der Waals surface area contributed by atoms with Gasteiger partial charge in [0.15, 0.2) is 0 Å². The number of allylic oxidation sites excluding steroid dienone is 2. The number of hydrogen-bond acceptors (Lipinski definition) is 1. The lowest BCUT2D eigenvalue weighted by molar-refractivity contribution is -0.104. The van der Waals surface area contributed by atoms with Gasteiger partial charge in [-0.25, -0.2) is 0 Å². The zero-order valence-electron chi connectivity index (χ0n) is 7.00. The largest absolute Gasteiger partial charge is 0.298 e. The molecule has 0 bridgehead atoms. The Bertz CT molecular complexity index is 361. The van der Waals surface area contributed by atoms with Gasteiger partial charge in [0.2, 0.25) is 0 Å². The monoisotopic (exact) mass is 158 g/mol. The summed E-state index contributed by atoms with van der Waals surface area (Å²) in [6.07, 6.45) is 1.89. The molecule has 12 heavy (non-hydrogen) atoms. The van der Waals surface area contributed by atoms with Crippen LogP contribution >= 0.6 is 0 Å². The van der Waals surface area contributed by atoms with E-state index in [4.69, 9.17) is 0 Å². The molecule has 0 saturated heterocycles. The average Bonchev–Trinajstić information content (AvgIpc) is 2.07. The third-order valence-electron chi connectivity index (χ3n) is 2.36. The molecule has 0 N–H and O–H groups in total. The molecule has 0 amide bonds. The Hall–Kier alpha value is -1.37. The van der Waals surface area contributed by atoms with E-state index >= 15 is 0 Å². The zero-order chi connectivity index (χ0) is 8.55. The van der Waals surface area contributed by atoms with Gasteiger partial charge in [-0.05, 0) is 35.6 Å². The number of rotatable bonds is 1. The third-order valence-corrected chi connectivity index (χ3v) is 2.36. The summed E-state index contributed by atoms with van der Waals surface area (Å²) in [7, 11) is 0. The molecule has 1 nitrogen and oxygen atoms in total. The molecule has 0 aromatic heterocycles. The molecule has 0 radical (unpaired) electrons. The van der Waals surface area contributed by atoms with Crippen LogP contribution < -0.4 is 0 Å². The first kappa shape index (κ1) is 7.29. The number of aldehydes is 1. The highest BCUT2D eigenvalue weighted by Crippen LogP contribution is 2.35. The summed E-state index contributed by atoms with van der Waals surface area (Å²) in [5.74, 6) is 0. The Labute approximate surface area is 71.7 Å². The number of hydrogen-bond donors (Lipinski definition) is 0. The van der Waals surface area contributed by atoms with Gasteiger partial charge < -0.3 is 0 Å². The Morgan fingerprint density at radius 2 is 2.17 bits per heavy atom. The molecule has 1 aromatic rings. The van der Waals surface area contributed by atoms with Crippen molar-refractivity contribution in [2.45, 2.75) is 13.3 Å². The summed E-state index contributed by atoms with van der Waals surface area (Å²) in [5, 5.41) is 0. The summed E-state index contributed by atoms with van der Waals surface area (Å²) < 4.78 is 0. The highest BCUT2D eigenvalue weighted by molar-refractivity contribution is 5.93. The number of benzene rings is 1. The molecule has 0 atom stereocenters. The maximum absolute atomic E-state index is 10.5.